The summed E-state index contributed by atoms with van der Waals surface area (Å²) in [5.41, 5.74) is 4.39. The Balaban J connectivity index is 1.59. The summed E-state index contributed by atoms with van der Waals surface area (Å²) >= 11 is 0. The van der Waals surface area contributed by atoms with Crippen LogP contribution in [0.5, 0.6) is 11.5 Å². The predicted molar refractivity (Wildman–Crippen MR) is 125 cm³/mol. The van der Waals surface area contributed by atoms with Crippen molar-refractivity contribution < 1.29 is 14.3 Å². The molecule has 1 amide bonds. The molecule has 0 aromatic heterocycles. The molecule has 162 valence electrons. The molecule has 0 radical (unpaired) electrons. The predicted octanol–water partition coefficient (Wildman–Crippen LogP) is 5.26. The number of aryl methyl sites for hydroxylation is 1. The average molecular weight is 419 g/mol. The van der Waals surface area contributed by atoms with E-state index in [4.69, 9.17) is 9.47 Å². The number of benzene rings is 3. The van der Waals surface area contributed by atoms with Crippen LogP contribution in [0.3, 0.4) is 0 Å². The number of hydrogen-bond donors (Lipinski definition) is 2. The molecule has 31 heavy (non-hydrogen) atoms. The maximum absolute atomic E-state index is 12.2. The van der Waals surface area contributed by atoms with Crippen LogP contribution in [0, 0.1) is 6.92 Å². The second-order valence-corrected chi connectivity index (χ2v) is 7.38. The first-order chi connectivity index (χ1) is 15.1. The fourth-order valence-electron chi connectivity index (χ4n) is 3.37. The number of carbonyl (C=O) groups is 1. The number of ether oxygens (including phenoxy) is 2. The summed E-state index contributed by atoms with van der Waals surface area (Å²) in [4.78, 5) is 12.2. The highest BCUT2D eigenvalue weighted by molar-refractivity contribution is 5.91. The summed E-state index contributed by atoms with van der Waals surface area (Å²) < 4.78 is 11.5. The van der Waals surface area contributed by atoms with E-state index in [0.29, 0.717) is 24.7 Å². The van der Waals surface area contributed by atoms with E-state index in [1.165, 1.54) is 11.1 Å². The van der Waals surface area contributed by atoms with Crippen molar-refractivity contribution in [2.45, 2.75) is 33.4 Å². The van der Waals surface area contributed by atoms with Crippen LogP contribution >= 0.6 is 0 Å². The van der Waals surface area contributed by atoms with E-state index in [2.05, 4.69) is 48.7 Å². The third kappa shape index (κ3) is 6.59. The monoisotopic (exact) mass is 418 g/mol. The lowest BCUT2D eigenvalue weighted by molar-refractivity contribution is -0.118. The van der Waals surface area contributed by atoms with Gasteiger partial charge < -0.3 is 20.1 Å². The Morgan fingerprint density at radius 3 is 2.42 bits per heavy atom. The van der Waals surface area contributed by atoms with Crippen molar-refractivity contribution in [2.24, 2.45) is 0 Å². The molecule has 0 fully saturated rings. The number of hydrogen-bond acceptors (Lipinski definition) is 4. The fourth-order valence-corrected chi connectivity index (χ4v) is 3.37. The highest BCUT2D eigenvalue weighted by Crippen LogP contribution is 2.29. The summed E-state index contributed by atoms with van der Waals surface area (Å²) in [5.74, 6) is 0.977. The molecule has 0 spiro atoms. The van der Waals surface area contributed by atoms with Crippen LogP contribution in [0.2, 0.25) is 0 Å². The second kappa shape index (κ2) is 11.2. The molecule has 0 saturated carbocycles. The van der Waals surface area contributed by atoms with Crippen molar-refractivity contribution in [3.63, 3.8) is 0 Å². The molecule has 5 nitrogen and oxygen atoms in total. The summed E-state index contributed by atoms with van der Waals surface area (Å²) in [6.45, 7) is 7.34. The van der Waals surface area contributed by atoms with Gasteiger partial charge in [-0.2, -0.15) is 0 Å². The Hall–Kier alpha value is -3.31. The lowest BCUT2D eigenvalue weighted by Gasteiger charge is -2.18. The number of anilines is 1. The molecule has 1 atom stereocenters. The molecule has 0 bridgehead atoms. The summed E-state index contributed by atoms with van der Waals surface area (Å²) in [6.07, 6.45) is 0. The molecular formula is C26H30N2O3. The van der Waals surface area contributed by atoms with Crippen molar-refractivity contribution in [1.82, 2.24) is 5.32 Å². The van der Waals surface area contributed by atoms with E-state index >= 15 is 0 Å². The zero-order valence-electron chi connectivity index (χ0n) is 18.4. The van der Waals surface area contributed by atoms with Crippen LogP contribution in [-0.2, 0) is 11.3 Å². The van der Waals surface area contributed by atoms with Gasteiger partial charge in [-0.1, -0.05) is 48.5 Å². The Labute approximate surface area is 184 Å². The zero-order valence-corrected chi connectivity index (χ0v) is 18.4. The molecule has 0 aliphatic carbocycles. The minimum atomic E-state index is -0.216. The Kier molecular flexibility index (Phi) is 8.07. The molecule has 0 aliphatic rings. The lowest BCUT2D eigenvalue weighted by atomic mass is 10.0. The summed E-state index contributed by atoms with van der Waals surface area (Å²) in [7, 11) is 0. The topological polar surface area (TPSA) is 59.6 Å². The highest BCUT2D eigenvalue weighted by Gasteiger charge is 2.11. The van der Waals surface area contributed by atoms with Gasteiger partial charge in [0.2, 0.25) is 0 Å². The molecule has 3 aromatic carbocycles. The van der Waals surface area contributed by atoms with Gasteiger partial charge in [0.25, 0.3) is 5.91 Å². The van der Waals surface area contributed by atoms with Crippen LogP contribution in [0.1, 0.15) is 36.6 Å². The van der Waals surface area contributed by atoms with Crippen LogP contribution in [0.15, 0.2) is 72.8 Å². The molecule has 3 rings (SSSR count). The Morgan fingerprint density at radius 2 is 1.68 bits per heavy atom. The number of amides is 1. The van der Waals surface area contributed by atoms with Crippen molar-refractivity contribution >= 4 is 11.6 Å². The SMILES string of the molecule is CCOc1cc(CNC(C)c2ccccc2C)ccc1OCC(=O)Nc1ccccc1. The van der Waals surface area contributed by atoms with E-state index in [1.54, 1.807) is 0 Å². The first-order valence-corrected chi connectivity index (χ1v) is 10.6. The van der Waals surface area contributed by atoms with E-state index in [9.17, 15) is 4.79 Å². The van der Waals surface area contributed by atoms with E-state index in [-0.39, 0.29) is 18.6 Å². The number of carbonyl (C=O) groups excluding carboxylic acids is 1. The third-order valence-electron chi connectivity index (χ3n) is 4.99. The minimum absolute atomic E-state index is 0.0864. The zero-order chi connectivity index (χ0) is 22.1. The first-order valence-electron chi connectivity index (χ1n) is 10.6. The first kappa shape index (κ1) is 22.4. The molecule has 0 saturated heterocycles. The van der Waals surface area contributed by atoms with Crippen LogP contribution < -0.4 is 20.1 Å². The van der Waals surface area contributed by atoms with Gasteiger partial charge >= 0.3 is 0 Å². The smallest absolute Gasteiger partial charge is 0.262 e. The number of para-hydroxylation sites is 1. The molecule has 3 aromatic rings. The van der Waals surface area contributed by atoms with Crippen LogP contribution in [-0.4, -0.2) is 19.1 Å². The Bertz CT molecular complexity index is 989. The largest absolute Gasteiger partial charge is 0.490 e. The molecule has 0 heterocycles. The van der Waals surface area contributed by atoms with Gasteiger partial charge in [-0.05, 0) is 61.7 Å². The lowest BCUT2D eigenvalue weighted by Crippen LogP contribution is -2.20. The second-order valence-electron chi connectivity index (χ2n) is 7.38. The fraction of sp³-hybridized carbons (Fsp3) is 0.269. The van der Waals surface area contributed by atoms with Crippen LogP contribution in [0.25, 0.3) is 0 Å². The normalized spacial score (nSPS) is 11.6. The summed E-state index contributed by atoms with van der Waals surface area (Å²) in [5, 5.41) is 6.37. The highest BCUT2D eigenvalue weighted by atomic mass is 16.5. The van der Waals surface area contributed by atoms with Crippen molar-refractivity contribution in [1.29, 1.82) is 0 Å². The quantitative estimate of drug-likeness (QED) is 0.471. The van der Waals surface area contributed by atoms with E-state index < -0.39 is 0 Å². The summed E-state index contributed by atoms with van der Waals surface area (Å²) in [6, 6.07) is 23.8. The molecule has 1 unspecified atom stereocenters. The van der Waals surface area contributed by atoms with Gasteiger partial charge in [-0.15, -0.1) is 0 Å². The van der Waals surface area contributed by atoms with E-state index in [0.717, 1.165) is 11.3 Å². The van der Waals surface area contributed by atoms with Crippen LogP contribution in [0.4, 0.5) is 5.69 Å². The maximum Gasteiger partial charge on any atom is 0.262 e. The average Bonchev–Trinajstić information content (AvgIpc) is 2.78. The molecule has 2 N–H and O–H groups in total. The third-order valence-corrected chi connectivity index (χ3v) is 4.99. The minimum Gasteiger partial charge on any atom is -0.490 e. The van der Waals surface area contributed by atoms with E-state index in [1.807, 2.05) is 55.5 Å². The van der Waals surface area contributed by atoms with Gasteiger partial charge in [-0.25, -0.2) is 0 Å². The number of nitrogens with one attached hydrogen (secondary N) is 2. The Morgan fingerprint density at radius 1 is 0.935 bits per heavy atom. The van der Waals surface area contributed by atoms with Crippen molar-refractivity contribution in [3.05, 3.63) is 89.5 Å². The maximum atomic E-state index is 12.2. The van der Waals surface area contributed by atoms with Gasteiger partial charge in [0, 0.05) is 18.3 Å². The van der Waals surface area contributed by atoms with Crippen molar-refractivity contribution in [3.8, 4) is 11.5 Å². The van der Waals surface area contributed by atoms with Crippen molar-refractivity contribution in [2.75, 3.05) is 18.5 Å². The van der Waals surface area contributed by atoms with Gasteiger partial charge in [0.1, 0.15) is 0 Å². The van der Waals surface area contributed by atoms with Gasteiger partial charge in [0.15, 0.2) is 18.1 Å². The van der Waals surface area contributed by atoms with Gasteiger partial charge in [-0.3, -0.25) is 4.79 Å². The number of rotatable bonds is 10. The van der Waals surface area contributed by atoms with Gasteiger partial charge in [0.05, 0.1) is 6.61 Å². The molecular weight excluding hydrogens is 388 g/mol. The molecule has 0 aliphatic heterocycles. The standard InChI is InChI=1S/C26H30N2O3/c1-4-30-25-16-21(17-27-20(3)23-13-9-8-10-19(23)2)14-15-24(25)31-18-26(29)28-22-11-6-5-7-12-22/h5-16,20,27H,4,17-18H2,1-3H3,(H,28,29). The molecule has 5 heteroatoms.